The number of methoxy groups -OCH3 is 1. The minimum Gasteiger partial charge on any atom is -0.497 e. The summed E-state index contributed by atoms with van der Waals surface area (Å²) in [5.41, 5.74) is 6.46. The molecule has 1 rings (SSSR count). The summed E-state index contributed by atoms with van der Waals surface area (Å²) in [6, 6.07) is 7.84. The maximum atomic E-state index is 12.0. The van der Waals surface area contributed by atoms with E-state index >= 15 is 0 Å². The SMILES string of the molecule is CCC(N)(CC)C(=O)NCCc1ccc(OC)cc1. The number of nitrogens with one attached hydrogen (secondary N) is 1. The van der Waals surface area contributed by atoms with Gasteiger partial charge in [0, 0.05) is 6.54 Å². The van der Waals surface area contributed by atoms with E-state index in [1.54, 1.807) is 7.11 Å². The van der Waals surface area contributed by atoms with Gasteiger partial charge in [0.2, 0.25) is 5.91 Å². The number of ether oxygens (including phenoxy) is 1. The summed E-state index contributed by atoms with van der Waals surface area (Å²) < 4.78 is 5.10. The van der Waals surface area contributed by atoms with Crippen LogP contribution in [0, 0.1) is 0 Å². The predicted molar refractivity (Wildman–Crippen MR) is 77.2 cm³/mol. The number of carbonyl (C=O) groups is 1. The molecule has 0 aliphatic carbocycles. The number of carbonyl (C=O) groups excluding carboxylic acids is 1. The van der Waals surface area contributed by atoms with Crippen molar-refractivity contribution < 1.29 is 9.53 Å². The van der Waals surface area contributed by atoms with Crippen LogP contribution < -0.4 is 15.8 Å². The third-order valence-corrected chi connectivity index (χ3v) is 3.57. The molecule has 0 unspecified atom stereocenters. The lowest BCUT2D eigenvalue weighted by Crippen LogP contribution is -2.53. The normalized spacial score (nSPS) is 11.2. The quantitative estimate of drug-likeness (QED) is 0.790. The van der Waals surface area contributed by atoms with E-state index in [1.165, 1.54) is 0 Å². The molecular formula is C15H24N2O2. The van der Waals surface area contributed by atoms with E-state index in [1.807, 2.05) is 38.1 Å². The minimum atomic E-state index is -0.736. The van der Waals surface area contributed by atoms with Gasteiger partial charge >= 0.3 is 0 Å². The molecule has 0 atom stereocenters. The maximum Gasteiger partial charge on any atom is 0.240 e. The van der Waals surface area contributed by atoms with Crippen LogP contribution in [0.4, 0.5) is 0 Å². The van der Waals surface area contributed by atoms with Crippen molar-refractivity contribution in [2.45, 2.75) is 38.6 Å². The van der Waals surface area contributed by atoms with E-state index in [0.29, 0.717) is 19.4 Å². The zero-order valence-electron chi connectivity index (χ0n) is 12.0. The molecule has 19 heavy (non-hydrogen) atoms. The van der Waals surface area contributed by atoms with Gasteiger partial charge in [-0.2, -0.15) is 0 Å². The van der Waals surface area contributed by atoms with Crippen LogP contribution in [0.2, 0.25) is 0 Å². The second-order valence-electron chi connectivity index (χ2n) is 4.72. The molecule has 4 heteroatoms. The lowest BCUT2D eigenvalue weighted by Gasteiger charge is -2.25. The number of hydrogen-bond acceptors (Lipinski definition) is 3. The Hall–Kier alpha value is -1.55. The maximum absolute atomic E-state index is 12.0. The Bertz CT molecular complexity index is 397. The van der Waals surface area contributed by atoms with Crippen LogP contribution in [-0.2, 0) is 11.2 Å². The van der Waals surface area contributed by atoms with E-state index in [9.17, 15) is 4.79 Å². The highest BCUT2D eigenvalue weighted by Gasteiger charge is 2.29. The second kappa shape index (κ2) is 7.14. The smallest absolute Gasteiger partial charge is 0.240 e. The van der Waals surface area contributed by atoms with Gasteiger partial charge in [0.15, 0.2) is 0 Å². The number of rotatable bonds is 7. The van der Waals surface area contributed by atoms with Crippen LogP contribution in [0.25, 0.3) is 0 Å². The number of nitrogens with two attached hydrogens (primary N) is 1. The first-order valence-electron chi connectivity index (χ1n) is 6.75. The predicted octanol–water partition coefficient (Wildman–Crippen LogP) is 1.87. The molecule has 106 valence electrons. The highest BCUT2D eigenvalue weighted by molar-refractivity contribution is 5.85. The van der Waals surface area contributed by atoms with E-state index in [2.05, 4.69) is 5.32 Å². The molecule has 0 aliphatic rings. The van der Waals surface area contributed by atoms with Gasteiger partial charge in [-0.1, -0.05) is 26.0 Å². The van der Waals surface area contributed by atoms with Crippen molar-refractivity contribution in [3.05, 3.63) is 29.8 Å². The molecule has 0 saturated carbocycles. The van der Waals surface area contributed by atoms with Gasteiger partial charge in [-0.05, 0) is 37.0 Å². The molecule has 0 saturated heterocycles. The molecule has 1 aromatic rings. The molecule has 0 fully saturated rings. The van der Waals surface area contributed by atoms with Gasteiger partial charge in [0.25, 0.3) is 0 Å². The molecule has 0 heterocycles. The largest absolute Gasteiger partial charge is 0.497 e. The number of hydrogen-bond donors (Lipinski definition) is 2. The molecule has 1 aromatic carbocycles. The number of benzene rings is 1. The van der Waals surface area contributed by atoms with Crippen LogP contribution in [0.1, 0.15) is 32.3 Å². The van der Waals surface area contributed by atoms with Crippen molar-refractivity contribution in [1.82, 2.24) is 5.32 Å². The molecular weight excluding hydrogens is 240 g/mol. The summed E-state index contributed by atoms with van der Waals surface area (Å²) in [5.74, 6) is 0.775. The summed E-state index contributed by atoms with van der Waals surface area (Å²) in [4.78, 5) is 12.0. The van der Waals surface area contributed by atoms with Crippen molar-refractivity contribution in [3.63, 3.8) is 0 Å². The Morgan fingerprint density at radius 1 is 1.26 bits per heavy atom. The monoisotopic (exact) mass is 264 g/mol. The Kier molecular flexibility index (Phi) is 5.83. The standard InChI is InChI=1S/C15H24N2O2/c1-4-15(16,5-2)14(18)17-11-10-12-6-8-13(19-3)9-7-12/h6-9H,4-5,10-11,16H2,1-3H3,(H,17,18). The fourth-order valence-electron chi connectivity index (χ4n) is 1.86. The number of amides is 1. The van der Waals surface area contributed by atoms with E-state index < -0.39 is 5.54 Å². The Balaban J connectivity index is 2.43. The molecule has 1 amide bonds. The summed E-state index contributed by atoms with van der Waals surface area (Å²) in [5, 5.41) is 2.91. The molecule has 0 radical (unpaired) electrons. The third-order valence-electron chi connectivity index (χ3n) is 3.57. The summed E-state index contributed by atoms with van der Waals surface area (Å²) in [6.45, 7) is 4.48. The molecule has 0 aromatic heterocycles. The first-order chi connectivity index (χ1) is 9.05. The van der Waals surface area contributed by atoms with Crippen LogP contribution in [0.3, 0.4) is 0 Å². The fraction of sp³-hybridized carbons (Fsp3) is 0.533. The van der Waals surface area contributed by atoms with E-state index in [0.717, 1.165) is 17.7 Å². The van der Waals surface area contributed by atoms with Crippen molar-refractivity contribution in [2.24, 2.45) is 5.73 Å². The zero-order valence-corrected chi connectivity index (χ0v) is 12.0. The summed E-state index contributed by atoms with van der Waals surface area (Å²) >= 11 is 0. The Morgan fingerprint density at radius 2 is 1.84 bits per heavy atom. The van der Waals surface area contributed by atoms with Gasteiger partial charge in [0.05, 0.1) is 12.6 Å². The minimum absolute atomic E-state index is 0.0639. The molecule has 0 spiro atoms. The van der Waals surface area contributed by atoms with Crippen LogP contribution in [-0.4, -0.2) is 25.1 Å². The first kappa shape index (κ1) is 15.5. The lowest BCUT2D eigenvalue weighted by atomic mass is 9.93. The van der Waals surface area contributed by atoms with Crippen molar-refractivity contribution >= 4 is 5.91 Å². The average molecular weight is 264 g/mol. The van der Waals surface area contributed by atoms with Crippen molar-refractivity contribution in [1.29, 1.82) is 0 Å². The van der Waals surface area contributed by atoms with Crippen LogP contribution >= 0.6 is 0 Å². The summed E-state index contributed by atoms with van der Waals surface area (Å²) in [6.07, 6.45) is 2.09. The lowest BCUT2D eigenvalue weighted by molar-refractivity contribution is -0.126. The van der Waals surface area contributed by atoms with Crippen molar-refractivity contribution in [3.8, 4) is 5.75 Å². The molecule has 0 aliphatic heterocycles. The van der Waals surface area contributed by atoms with Gasteiger partial charge in [-0.25, -0.2) is 0 Å². The zero-order chi connectivity index (χ0) is 14.3. The van der Waals surface area contributed by atoms with Crippen molar-refractivity contribution in [2.75, 3.05) is 13.7 Å². The van der Waals surface area contributed by atoms with Crippen LogP contribution in [0.5, 0.6) is 5.75 Å². The highest BCUT2D eigenvalue weighted by atomic mass is 16.5. The van der Waals surface area contributed by atoms with Gasteiger partial charge < -0.3 is 15.8 Å². The topological polar surface area (TPSA) is 64.4 Å². The van der Waals surface area contributed by atoms with Gasteiger partial charge in [-0.15, -0.1) is 0 Å². The van der Waals surface area contributed by atoms with Crippen LogP contribution in [0.15, 0.2) is 24.3 Å². The second-order valence-corrected chi connectivity index (χ2v) is 4.72. The molecule has 0 bridgehead atoms. The van der Waals surface area contributed by atoms with E-state index in [-0.39, 0.29) is 5.91 Å². The Morgan fingerprint density at radius 3 is 2.32 bits per heavy atom. The fourth-order valence-corrected chi connectivity index (χ4v) is 1.86. The molecule has 3 N–H and O–H groups in total. The van der Waals surface area contributed by atoms with Gasteiger partial charge in [0.1, 0.15) is 5.75 Å². The highest BCUT2D eigenvalue weighted by Crippen LogP contribution is 2.12. The third kappa shape index (κ3) is 4.24. The van der Waals surface area contributed by atoms with E-state index in [4.69, 9.17) is 10.5 Å². The Labute approximate surface area is 115 Å². The summed E-state index contributed by atoms with van der Waals surface area (Å²) in [7, 11) is 1.64. The van der Waals surface area contributed by atoms with Gasteiger partial charge in [-0.3, -0.25) is 4.79 Å². The first-order valence-corrected chi connectivity index (χ1v) is 6.75. The molecule has 4 nitrogen and oxygen atoms in total. The average Bonchev–Trinajstić information content (AvgIpc) is 2.47.